The fourth-order valence-corrected chi connectivity index (χ4v) is 3.40. The molecule has 2 heterocycles. The van der Waals surface area contributed by atoms with Crippen LogP contribution in [-0.2, 0) is 6.54 Å². The van der Waals surface area contributed by atoms with Crippen molar-refractivity contribution in [2.24, 2.45) is 10.9 Å². The van der Waals surface area contributed by atoms with E-state index in [2.05, 4.69) is 51.6 Å². The molecule has 0 amide bonds. The van der Waals surface area contributed by atoms with Gasteiger partial charge in [-0.05, 0) is 69.4 Å². The predicted molar refractivity (Wildman–Crippen MR) is 114 cm³/mol. The molecular formula is C21H33N7. The summed E-state index contributed by atoms with van der Waals surface area (Å²) in [6.07, 6.45) is 7.06. The summed E-state index contributed by atoms with van der Waals surface area (Å²) >= 11 is 0. The summed E-state index contributed by atoms with van der Waals surface area (Å²) in [4.78, 5) is 11.3. The average Bonchev–Trinajstić information content (AvgIpc) is 3.26. The Labute approximate surface area is 168 Å². The maximum atomic E-state index is 4.72. The minimum atomic E-state index is 0.650. The minimum Gasteiger partial charge on any atom is -0.357 e. The first-order valence-corrected chi connectivity index (χ1v) is 10.4. The lowest BCUT2D eigenvalue weighted by Gasteiger charge is -2.30. The quantitative estimate of drug-likeness (QED) is 0.416. The zero-order valence-corrected chi connectivity index (χ0v) is 17.1. The maximum absolute atomic E-state index is 4.72. The number of guanidine groups is 1. The van der Waals surface area contributed by atoms with Crippen molar-refractivity contribution in [1.29, 1.82) is 0 Å². The molecule has 7 heteroatoms. The lowest BCUT2D eigenvalue weighted by Crippen LogP contribution is -2.39. The van der Waals surface area contributed by atoms with E-state index < -0.39 is 0 Å². The first-order valence-electron chi connectivity index (χ1n) is 10.4. The highest BCUT2D eigenvalue weighted by Gasteiger charge is 2.14. The largest absolute Gasteiger partial charge is 0.357 e. The van der Waals surface area contributed by atoms with Gasteiger partial charge in [0.2, 0.25) is 0 Å². The number of nitrogens with one attached hydrogen (secondary N) is 2. The van der Waals surface area contributed by atoms with Crippen molar-refractivity contribution in [2.45, 2.75) is 39.7 Å². The molecule has 1 aromatic heterocycles. The summed E-state index contributed by atoms with van der Waals surface area (Å²) in [5, 5.41) is 10.9. The third kappa shape index (κ3) is 6.34. The maximum Gasteiger partial charge on any atom is 0.191 e. The predicted octanol–water partition coefficient (Wildman–Crippen LogP) is 2.44. The van der Waals surface area contributed by atoms with Crippen LogP contribution in [0.25, 0.3) is 5.69 Å². The summed E-state index contributed by atoms with van der Waals surface area (Å²) in [6, 6.07) is 8.25. The average molecular weight is 384 g/mol. The molecule has 2 aromatic rings. The van der Waals surface area contributed by atoms with E-state index in [0.717, 1.165) is 37.1 Å². The highest BCUT2D eigenvalue weighted by molar-refractivity contribution is 5.79. The van der Waals surface area contributed by atoms with Crippen molar-refractivity contribution >= 4 is 5.96 Å². The zero-order valence-electron chi connectivity index (χ0n) is 17.1. The monoisotopic (exact) mass is 383 g/mol. The molecule has 0 radical (unpaired) electrons. The van der Waals surface area contributed by atoms with Gasteiger partial charge in [-0.2, -0.15) is 5.10 Å². The molecule has 1 fully saturated rings. The molecule has 0 bridgehead atoms. The van der Waals surface area contributed by atoms with Crippen LogP contribution in [0.5, 0.6) is 0 Å². The van der Waals surface area contributed by atoms with Crippen molar-refractivity contribution < 1.29 is 0 Å². The summed E-state index contributed by atoms with van der Waals surface area (Å²) in [7, 11) is 0. The van der Waals surface area contributed by atoms with Crippen LogP contribution in [0.3, 0.4) is 0 Å². The molecular weight excluding hydrogens is 350 g/mol. The van der Waals surface area contributed by atoms with Gasteiger partial charge in [0.05, 0.1) is 12.2 Å². The molecule has 28 heavy (non-hydrogen) atoms. The first kappa shape index (κ1) is 20.3. The molecule has 2 N–H and O–H groups in total. The topological polar surface area (TPSA) is 70.4 Å². The Morgan fingerprint density at radius 3 is 2.64 bits per heavy atom. The molecule has 1 aliphatic heterocycles. The molecule has 1 aromatic carbocycles. The number of aromatic nitrogens is 3. The van der Waals surface area contributed by atoms with Crippen LogP contribution in [-0.4, -0.2) is 58.3 Å². The molecule has 7 nitrogen and oxygen atoms in total. The van der Waals surface area contributed by atoms with Gasteiger partial charge >= 0.3 is 0 Å². The van der Waals surface area contributed by atoms with Crippen molar-refractivity contribution in [1.82, 2.24) is 30.3 Å². The summed E-state index contributed by atoms with van der Waals surface area (Å²) in [6.45, 7) is 10.6. The third-order valence-electron chi connectivity index (χ3n) is 5.20. The van der Waals surface area contributed by atoms with E-state index in [-0.39, 0.29) is 0 Å². The number of nitrogens with zero attached hydrogens (tertiary/aromatic N) is 5. The Bertz CT molecular complexity index is 701. The van der Waals surface area contributed by atoms with Crippen molar-refractivity contribution in [3.05, 3.63) is 42.5 Å². The van der Waals surface area contributed by atoms with Crippen LogP contribution in [0.2, 0.25) is 0 Å². The smallest absolute Gasteiger partial charge is 0.191 e. The van der Waals surface area contributed by atoms with Crippen LogP contribution < -0.4 is 10.6 Å². The second-order valence-electron chi connectivity index (χ2n) is 7.51. The number of hydrogen-bond acceptors (Lipinski definition) is 4. The Morgan fingerprint density at radius 2 is 1.96 bits per heavy atom. The number of piperidine rings is 1. The lowest BCUT2D eigenvalue weighted by molar-refractivity contribution is 0.191. The second kappa shape index (κ2) is 10.8. The van der Waals surface area contributed by atoms with Gasteiger partial charge in [0.1, 0.15) is 12.7 Å². The first-order chi connectivity index (χ1) is 13.7. The van der Waals surface area contributed by atoms with Crippen molar-refractivity contribution in [2.75, 3.05) is 32.7 Å². The summed E-state index contributed by atoms with van der Waals surface area (Å²) in [5.74, 6) is 1.78. The van der Waals surface area contributed by atoms with E-state index in [1.165, 1.54) is 38.0 Å². The molecule has 0 unspecified atom stereocenters. The number of aliphatic imine (C=N–C) groups is 1. The summed E-state index contributed by atoms with van der Waals surface area (Å²) < 4.78 is 1.75. The van der Waals surface area contributed by atoms with Crippen LogP contribution >= 0.6 is 0 Å². The van der Waals surface area contributed by atoms with E-state index in [4.69, 9.17) is 4.99 Å². The number of likely N-dealkylation sites (tertiary alicyclic amines) is 1. The molecule has 0 saturated carbocycles. The van der Waals surface area contributed by atoms with E-state index in [9.17, 15) is 0 Å². The highest BCUT2D eigenvalue weighted by Crippen LogP contribution is 2.15. The molecule has 0 atom stereocenters. The highest BCUT2D eigenvalue weighted by atomic mass is 15.3. The molecule has 152 valence electrons. The van der Waals surface area contributed by atoms with Crippen LogP contribution in [0, 0.1) is 5.92 Å². The van der Waals surface area contributed by atoms with Crippen LogP contribution in [0.15, 0.2) is 41.9 Å². The molecule has 3 rings (SSSR count). The van der Waals surface area contributed by atoms with E-state index in [0.29, 0.717) is 6.54 Å². The Kier molecular flexibility index (Phi) is 7.84. The van der Waals surface area contributed by atoms with Gasteiger partial charge in [-0.15, -0.1) is 0 Å². The van der Waals surface area contributed by atoms with Crippen molar-refractivity contribution in [3.63, 3.8) is 0 Å². The Morgan fingerprint density at radius 1 is 1.18 bits per heavy atom. The molecule has 1 saturated heterocycles. The number of hydrogen-bond donors (Lipinski definition) is 2. The third-order valence-corrected chi connectivity index (χ3v) is 5.20. The minimum absolute atomic E-state index is 0.650. The zero-order chi connectivity index (χ0) is 19.6. The molecule has 1 aliphatic rings. The van der Waals surface area contributed by atoms with Gasteiger partial charge in [-0.25, -0.2) is 14.7 Å². The lowest BCUT2D eigenvalue weighted by atomic mass is 9.99. The fourth-order valence-electron chi connectivity index (χ4n) is 3.40. The SMILES string of the molecule is CCNC(=NCc1ccc(-n2cncn2)cc1)NCCCN1CCC(C)CC1. The van der Waals surface area contributed by atoms with Gasteiger partial charge in [0.15, 0.2) is 5.96 Å². The van der Waals surface area contributed by atoms with Crippen LogP contribution in [0.1, 0.15) is 38.7 Å². The van der Waals surface area contributed by atoms with Crippen LogP contribution in [0.4, 0.5) is 0 Å². The Balaban J connectivity index is 1.43. The number of rotatable bonds is 8. The summed E-state index contributed by atoms with van der Waals surface area (Å²) in [5.41, 5.74) is 2.17. The van der Waals surface area contributed by atoms with Gasteiger partial charge < -0.3 is 15.5 Å². The van der Waals surface area contributed by atoms with Crippen molar-refractivity contribution in [3.8, 4) is 5.69 Å². The fraction of sp³-hybridized carbons (Fsp3) is 0.571. The standard InChI is InChI=1S/C21H33N7/c1-3-23-21(24-11-4-12-27-13-9-18(2)10-14-27)25-15-19-5-7-20(8-6-19)28-17-22-16-26-28/h5-8,16-18H,3-4,9-15H2,1-2H3,(H2,23,24,25). The van der Waals surface area contributed by atoms with E-state index in [1.807, 2.05) is 12.1 Å². The van der Waals surface area contributed by atoms with Gasteiger partial charge in [-0.3, -0.25) is 0 Å². The Hall–Kier alpha value is -2.41. The second-order valence-corrected chi connectivity index (χ2v) is 7.51. The van der Waals surface area contributed by atoms with Gasteiger partial charge in [0, 0.05) is 13.1 Å². The molecule has 0 spiro atoms. The number of benzene rings is 1. The normalized spacial score (nSPS) is 16.3. The van der Waals surface area contributed by atoms with E-state index in [1.54, 1.807) is 17.3 Å². The van der Waals surface area contributed by atoms with Gasteiger partial charge in [0.25, 0.3) is 0 Å². The molecule has 0 aliphatic carbocycles. The van der Waals surface area contributed by atoms with E-state index >= 15 is 0 Å². The van der Waals surface area contributed by atoms with Gasteiger partial charge in [-0.1, -0.05) is 19.1 Å².